The lowest BCUT2D eigenvalue weighted by molar-refractivity contribution is -0.135. The molecule has 3 heterocycles. The number of benzene rings is 2. The van der Waals surface area contributed by atoms with Crippen molar-refractivity contribution in [2.24, 2.45) is 5.73 Å². The van der Waals surface area contributed by atoms with E-state index in [0.29, 0.717) is 12.2 Å². The molecule has 2 fully saturated rings. The predicted octanol–water partition coefficient (Wildman–Crippen LogP) is 4.87. The largest absolute Gasteiger partial charge is 0.478 e. The summed E-state index contributed by atoms with van der Waals surface area (Å²) in [5.74, 6) is -2.64. The third-order valence-corrected chi connectivity index (χ3v) is 8.52. The van der Waals surface area contributed by atoms with Crippen LogP contribution < -0.4 is 10.6 Å². The van der Waals surface area contributed by atoms with Crippen LogP contribution in [0, 0.1) is 0 Å². The lowest BCUT2D eigenvalue weighted by Gasteiger charge is -2.48. The molecular weight excluding hydrogens is 556 g/mol. The van der Waals surface area contributed by atoms with Crippen LogP contribution in [0.1, 0.15) is 49.7 Å². The number of fused-ring (bicyclic) bond motifs is 2. The second-order valence-electron chi connectivity index (χ2n) is 10.9. The Labute approximate surface area is 251 Å². The molecule has 0 spiro atoms. The molecule has 2 saturated heterocycles. The summed E-state index contributed by atoms with van der Waals surface area (Å²) >= 11 is 6.39. The fourth-order valence-corrected chi connectivity index (χ4v) is 6.26. The van der Waals surface area contributed by atoms with Crippen molar-refractivity contribution in [2.75, 3.05) is 44.2 Å². The zero-order valence-corrected chi connectivity index (χ0v) is 24.5. The SMILES string of the molecule is NC(=O)C1(N2CCCCC2)CCN(CCCN2c3ccccc3C=Cc3ccc(Cl)cc32)CC1.O=C(O)/C=C\C(=O)O. The number of aliphatic carboxylic acids is 2. The highest BCUT2D eigenvalue weighted by Gasteiger charge is 2.44. The number of para-hydroxylation sites is 1. The molecule has 2 aromatic rings. The fraction of sp³-hybridized carbons (Fsp3) is 0.406. The van der Waals surface area contributed by atoms with Crippen LogP contribution in [-0.2, 0) is 14.4 Å². The summed E-state index contributed by atoms with van der Waals surface area (Å²) in [6, 6.07) is 14.7. The Bertz CT molecular complexity index is 1310. The van der Waals surface area contributed by atoms with Gasteiger partial charge >= 0.3 is 11.9 Å². The second kappa shape index (κ2) is 14.5. The molecule has 0 aromatic heterocycles. The number of likely N-dealkylation sites (tertiary alicyclic amines) is 2. The summed E-state index contributed by atoms with van der Waals surface area (Å²) < 4.78 is 0. The molecular formula is C32H39ClN4O5. The van der Waals surface area contributed by atoms with Gasteiger partial charge in [0, 0.05) is 48.2 Å². The molecule has 1 amide bonds. The highest BCUT2D eigenvalue weighted by molar-refractivity contribution is 6.31. The van der Waals surface area contributed by atoms with E-state index in [9.17, 15) is 14.4 Å². The van der Waals surface area contributed by atoms with E-state index in [1.807, 2.05) is 6.07 Å². The number of rotatable bonds is 8. The van der Waals surface area contributed by atoms with Gasteiger partial charge in [0.2, 0.25) is 5.91 Å². The Balaban J connectivity index is 0.000000446. The topological polar surface area (TPSA) is 127 Å². The molecule has 0 unspecified atom stereocenters. The number of hydrogen-bond acceptors (Lipinski definition) is 6. The molecule has 224 valence electrons. The van der Waals surface area contributed by atoms with E-state index in [2.05, 4.69) is 63.2 Å². The first-order chi connectivity index (χ1) is 20.2. The third-order valence-electron chi connectivity index (χ3n) is 8.28. The minimum atomic E-state index is -1.26. The molecule has 3 aliphatic heterocycles. The lowest BCUT2D eigenvalue weighted by Crippen LogP contribution is -2.63. The lowest BCUT2D eigenvalue weighted by atomic mass is 9.83. The molecule has 10 heteroatoms. The third kappa shape index (κ3) is 7.79. The van der Waals surface area contributed by atoms with E-state index in [1.54, 1.807) is 0 Å². The van der Waals surface area contributed by atoms with Crippen LogP contribution >= 0.6 is 11.6 Å². The number of primary amides is 1. The Morgan fingerprint density at radius 2 is 1.45 bits per heavy atom. The van der Waals surface area contributed by atoms with Crippen molar-refractivity contribution < 1.29 is 24.6 Å². The van der Waals surface area contributed by atoms with Gasteiger partial charge in [0.15, 0.2) is 0 Å². The summed E-state index contributed by atoms with van der Waals surface area (Å²) in [6.07, 6.45) is 11.8. The molecule has 4 N–H and O–H groups in total. The van der Waals surface area contributed by atoms with Crippen molar-refractivity contribution in [2.45, 2.75) is 44.1 Å². The zero-order chi connectivity index (χ0) is 30.1. The molecule has 0 aliphatic carbocycles. The van der Waals surface area contributed by atoms with Gasteiger partial charge < -0.3 is 25.7 Å². The van der Waals surface area contributed by atoms with Crippen LogP contribution in [0.15, 0.2) is 54.6 Å². The van der Waals surface area contributed by atoms with Gasteiger partial charge in [-0.15, -0.1) is 0 Å². The Morgan fingerprint density at radius 3 is 2.07 bits per heavy atom. The number of nitrogens with two attached hydrogens (primary N) is 1. The molecule has 42 heavy (non-hydrogen) atoms. The number of carbonyl (C=O) groups excluding carboxylic acids is 1. The first kappa shape index (κ1) is 31.3. The van der Waals surface area contributed by atoms with E-state index in [1.165, 1.54) is 36.1 Å². The minimum Gasteiger partial charge on any atom is -0.478 e. The fourth-order valence-electron chi connectivity index (χ4n) is 6.10. The smallest absolute Gasteiger partial charge is 0.328 e. The van der Waals surface area contributed by atoms with Crippen molar-refractivity contribution in [1.29, 1.82) is 0 Å². The average molecular weight is 595 g/mol. The molecule has 3 aliphatic rings. The Hall–Kier alpha value is -3.66. The van der Waals surface area contributed by atoms with Crippen LogP contribution in [-0.4, -0.2) is 82.7 Å². The molecule has 9 nitrogen and oxygen atoms in total. The Kier molecular flexibility index (Phi) is 10.8. The van der Waals surface area contributed by atoms with Crippen LogP contribution in [0.5, 0.6) is 0 Å². The van der Waals surface area contributed by atoms with Crippen LogP contribution in [0.25, 0.3) is 12.2 Å². The predicted molar refractivity (Wildman–Crippen MR) is 166 cm³/mol. The molecule has 0 saturated carbocycles. The van der Waals surface area contributed by atoms with Gasteiger partial charge in [-0.3, -0.25) is 9.69 Å². The Morgan fingerprint density at radius 1 is 0.833 bits per heavy atom. The summed E-state index contributed by atoms with van der Waals surface area (Å²) in [7, 11) is 0. The average Bonchev–Trinajstić information content (AvgIpc) is 3.14. The van der Waals surface area contributed by atoms with Gasteiger partial charge in [-0.05, 0) is 81.1 Å². The van der Waals surface area contributed by atoms with Gasteiger partial charge in [0.1, 0.15) is 5.54 Å². The molecule has 0 radical (unpaired) electrons. The molecule has 5 rings (SSSR count). The van der Waals surface area contributed by atoms with Crippen molar-refractivity contribution >= 4 is 53.0 Å². The molecule has 0 bridgehead atoms. The zero-order valence-electron chi connectivity index (χ0n) is 23.8. The van der Waals surface area contributed by atoms with Gasteiger partial charge in [0.25, 0.3) is 0 Å². The number of piperidine rings is 2. The van der Waals surface area contributed by atoms with Gasteiger partial charge in [-0.25, -0.2) is 9.59 Å². The highest BCUT2D eigenvalue weighted by atomic mass is 35.5. The molecule has 2 aromatic carbocycles. The number of halogens is 1. The minimum absolute atomic E-state index is 0.129. The maximum Gasteiger partial charge on any atom is 0.328 e. The monoisotopic (exact) mass is 594 g/mol. The van der Waals surface area contributed by atoms with Gasteiger partial charge in [-0.2, -0.15) is 0 Å². The van der Waals surface area contributed by atoms with Crippen LogP contribution in [0.4, 0.5) is 11.4 Å². The van der Waals surface area contributed by atoms with Gasteiger partial charge in [-0.1, -0.05) is 54.4 Å². The van der Waals surface area contributed by atoms with Gasteiger partial charge in [0.05, 0.1) is 0 Å². The number of carboxylic acid groups (broad SMARTS) is 2. The van der Waals surface area contributed by atoms with Crippen LogP contribution in [0.2, 0.25) is 5.02 Å². The van der Waals surface area contributed by atoms with Crippen molar-refractivity contribution in [1.82, 2.24) is 9.80 Å². The van der Waals surface area contributed by atoms with E-state index >= 15 is 0 Å². The van der Waals surface area contributed by atoms with Crippen molar-refractivity contribution in [3.63, 3.8) is 0 Å². The number of nitrogens with zero attached hydrogens (tertiary/aromatic N) is 3. The summed E-state index contributed by atoms with van der Waals surface area (Å²) in [4.78, 5) is 38.9. The first-order valence-electron chi connectivity index (χ1n) is 14.4. The molecule has 0 atom stereocenters. The standard InChI is InChI=1S/C28H35ClN4O.C4H4O4/c29-24-12-11-23-10-9-22-7-2-3-8-25(22)33(26(23)21-24)18-6-15-31-19-13-28(14-20-31,27(30)34)32-16-4-1-5-17-32;5-3(6)1-2-4(7)8/h2-3,7-12,21H,1,4-6,13-20H2,(H2,30,34);1-2H,(H,5,6)(H,7,8)/b;2-1-. The number of carboxylic acids is 2. The maximum atomic E-state index is 12.5. The van der Waals surface area contributed by atoms with E-state index in [-0.39, 0.29) is 5.91 Å². The van der Waals surface area contributed by atoms with E-state index in [4.69, 9.17) is 27.5 Å². The normalized spacial score (nSPS) is 18.4. The number of carbonyl (C=O) groups is 3. The first-order valence-corrected chi connectivity index (χ1v) is 14.8. The number of anilines is 2. The highest BCUT2D eigenvalue weighted by Crippen LogP contribution is 2.38. The number of amides is 1. The van der Waals surface area contributed by atoms with Crippen LogP contribution in [0.3, 0.4) is 0 Å². The second-order valence-corrected chi connectivity index (χ2v) is 11.3. The number of hydrogen-bond donors (Lipinski definition) is 3. The summed E-state index contributed by atoms with van der Waals surface area (Å²) in [5.41, 5.74) is 10.3. The van der Waals surface area contributed by atoms with E-state index in [0.717, 1.165) is 69.2 Å². The van der Waals surface area contributed by atoms with Crippen molar-refractivity contribution in [3.8, 4) is 0 Å². The maximum absolute atomic E-state index is 12.5. The van der Waals surface area contributed by atoms with Crippen molar-refractivity contribution in [3.05, 3.63) is 70.8 Å². The van der Waals surface area contributed by atoms with E-state index < -0.39 is 17.5 Å². The summed E-state index contributed by atoms with van der Waals surface area (Å²) in [6.45, 7) is 5.80. The quantitative estimate of drug-likeness (QED) is 0.369. The summed E-state index contributed by atoms with van der Waals surface area (Å²) in [5, 5.41) is 16.4.